The lowest BCUT2D eigenvalue weighted by Gasteiger charge is -2.28. The summed E-state index contributed by atoms with van der Waals surface area (Å²) in [6, 6.07) is 0. The zero-order valence-corrected chi connectivity index (χ0v) is 17.3. The van der Waals surface area contributed by atoms with E-state index >= 15 is 0 Å². The number of rotatable bonds is 4. The number of aliphatic hydroxyl groups excluding tert-OH is 1. The number of allylic oxidation sites excluding steroid dienone is 1. The highest BCUT2D eigenvalue weighted by atomic mass is 16.6. The molecule has 1 N–H and O–H groups in total. The lowest BCUT2D eigenvalue weighted by molar-refractivity contribution is -0.147. The maximum absolute atomic E-state index is 12.5. The molecule has 158 valence electrons. The van der Waals surface area contributed by atoms with Crippen LogP contribution in [0.5, 0.6) is 0 Å². The van der Waals surface area contributed by atoms with E-state index in [9.17, 15) is 19.5 Å². The van der Waals surface area contributed by atoms with Gasteiger partial charge in [-0.3, -0.25) is 4.79 Å². The molecule has 7 nitrogen and oxygen atoms in total. The molecule has 29 heavy (non-hydrogen) atoms. The average molecular weight is 404 g/mol. The molecule has 2 aliphatic rings. The van der Waals surface area contributed by atoms with E-state index in [1.807, 2.05) is 13.0 Å². The summed E-state index contributed by atoms with van der Waals surface area (Å²) in [5.41, 5.74) is 1.97. The Bertz CT molecular complexity index is 787. The number of hydrogen-bond donors (Lipinski definition) is 1. The Morgan fingerprint density at radius 3 is 2.62 bits per heavy atom. The van der Waals surface area contributed by atoms with Crippen molar-refractivity contribution in [2.24, 2.45) is 5.92 Å². The minimum Gasteiger partial charge on any atom is -0.458 e. The summed E-state index contributed by atoms with van der Waals surface area (Å²) in [7, 11) is 0. The van der Waals surface area contributed by atoms with E-state index in [2.05, 4.69) is 6.58 Å². The number of fused-ring (bicyclic) bond motifs is 1. The third-order valence-electron chi connectivity index (χ3n) is 5.15. The molecule has 1 aliphatic carbocycles. The fraction of sp³-hybridized carbons (Fsp3) is 0.500. The molecular formula is C22H28O7. The topological polar surface area (TPSA) is 99.1 Å². The Labute approximate surface area is 170 Å². The Hall–Kier alpha value is -2.67. The van der Waals surface area contributed by atoms with Crippen molar-refractivity contribution in [2.75, 3.05) is 6.61 Å². The summed E-state index contributed by atoms with van der Waals surface area (Å²) >= 11 is 0. The lowest BCUT2D eigenvalue weighted by Crippen LogP contribution is -2.34. The molecule has 0 bridgehead atoms. The second kappa shape index (κ2) is 9.69. The zero-order chi connectivity index (χ0) is 21.7. The van der Waals surface area contributed by atoms with Crippen molar-refractivity contribution in [3.8, 4) is 0 Å². The first kappa shape index (κ1) is 22.6. The van der Waals surface area contributed by atoms with Gasteiger partial charge in [0.2, 0.25) is 0 Å². The maximum Gasteiger partial charge on any atom is 0.336 e. The fourth-order valence-corrected chi connectivity index (χ4v) is 3.51. The van der Waals surface area contributed by atoms with Gasteiger partial charge in [-0.1, -0.05) is 24.3 Å². The van der Waals surface area contributed by atoms with E-state index in [0.717, 1.165) is 5.57 Å². The van der Waals surface area contributed by atoms with Crippen LogP contribution in [-0.2, 0) is 28.6 Å². The van der Waals surface area contributed by atoms with Gasteiger partial charge in [0, 0.05) is 25.3 Å². The summed E-state index contributed by atoms with van der Waals surface area (Å²) in [5, 5.41) is 9.37. The Morgan fingerprint density at radius 1 is 1.34 bits per heavy atom. The van der Waals surface area contributed by atoms with Gasteiger partial charge in [0.25, 0.3) is 0 Å². The molecule has 0 aromatic rings. The standard InChI is InChI=1S/C22H28O7/c1-6-16(11-23)22(26)29-19-10-13(3)17(27-15(5)24)8-7-12(2)9-18-20(19)14(4)21(25)28-18/h6-7,10,17-20,23H,4,8-9,11H2,1-3,5H3/b12-7+,13-10+,16-6+/t17-,18-,19-,20-/m1/s1. The van der Waals surface area contributed by atoms with Crippen LogP contribution in [0.25, 0.3) is 0 Å². The SMILES string of the molecule is C=C1C(=O)O[C@@H]2C/C(C)=C/C[C@@H](OC(C)=O)/C(C)=C/[C@@H](OC(=O)/C(=C/C)CO)[C@H]12. The minimum absolute atomic E-state index is 0.105. The van der Waals surface area contributed by atoms with Crippen LogP contribution in [0.1, 0.15) is 40.5 Å². The molecule has 0 amide bonds. The second-order valence-electron chi connectivity index (χ2n) is 7.34. The molecule has 0 aromatic carbocycles. The van der Waals surface area contributed by atoms with Crippen molar-refractivity contribution in [2.45, 2.75) is 58.8 Å². The van der Waals surface area contributed by atoms with Crippen LogP contribution in [0.2, 0.25) is 0 Å². The third-order valence-corrected chi connectivity index (χ3v) is 5.15. The molecule has 0 radical (unpaired) electrons. The van der Waals surface area contributed by atoms with E-state index in [-0.39, 0.29) is 11.1 Å². The first-order valence-corrected chi connectivity index (χ1v) is 9.55. The van der Waals surface area contributed by atoms with Crippen molar-refractivity contribution in [1.82, 2.24) is 0 Å². The van der Waals surface area contributed by atoms with Crippen molar-refractivity contribution >= 4 is 17.9 Å². The first-order chi connectivity index (χ1) is 13.7. The monoisotopic (exact) mass is 404 g/mol. The Morgan fingerprint density at radius 2 is 2.03 bits per heavy atom. The predicted molar refractivity (Wildman–Crippen MR) is 106 cm³/mol. The molecule has 7 heteroatoms. The van der Waals surface area contributed by atoms with Crippen molar-refractivity contribution in [3.05, 3.63) is 47.1 Å². The average Bonchev–Trinajstić information content (AvgIpc) is 2.91. The van der Waals surface area contributed by atoms with Crippen LogP contribution >= 0.6 is 0 Å². The summed E-state index contributed by atoms with van der Waals surface area (Å²) in [5.74, 6) is -2.22. The van der Waals surface area contributed by atoms with Gasteiger partial charge >= 0.3 is 17.9 Å². The smallest absolute Gasteiger partial charge is 0.336 e. The summed E-state index contributed by atoms with van der Waals surface area (Å²) in [4.78, 5) is 36.2. The molecule has 0 saturated carbocycles. The normalized spacial score (nSPS) is 31.6. The summed E-state index contributed by atoms with van der Waals surface area (Å²) < 4.78 is 16.6. The lowest BCUT2D eigenvalue weighted by atomic mass is 9.85. The highest BCUT2D eigenvalue weighted by Crippen LogP contribution is 2.37. The molecule has 0 aromatic heterocycles. The van der Waals surface area contributed by atoms with E-state index in [1.165, 1.54) is 13.0 Å². The summed E-state index contributed by atoms with van der Waals surface area (Å²) in [6.45, 7) is 10.0. The van der Waals surface area contributed by atoms with Crippen LogP contribution in [0.4, 0.5) is 0 Å². The van der Waals surface area contributed by atoms with Gasteiger partial charge in [-0.25, -0.2) is 9.59 Å². The maximum atomic E-state index is 12.5. The first-order valence-electron chi connectivity index (χ1n) is 9.55. The quantitative estimate of drug-likeness (QED) is 0.333. The number of esters is 3. The van der Waals surface area contributed by atoms with Gasteiger partial charge in [0.1, 0.15) is 18.3 Å². The van der Waals surface area contributed by atoms with Gasteiger partial charge < -0.3 is 19.3 Å². The molecule has 0 spiro atoms. The van der Waals surface area contributed by atoms with Crippen LogP contribution < -0.4 is 0 Å². The molecule has 2 rings (SSSR count). The number of carbonyl (C=O) groups excluding carboxylic acids is 3. The van der Waals surface area contributed by atoms with Crippen LogP contribution in [0, 0.1) is 5.92 Å². The molecule has 4 atom stereocenters. The molecule has 1 aliphatic heterocycles. The minimum atomic E-state index is -0.864. The molecule has 1 heterocycles. The Kier molecular flexibility index (Phi) is 7.56. The van der Waals surface area contributed by atoms with Crippen molar-refractivity contribution in [1.29, 1.82) is 0 Å². The van der Waals surface area contributed by atoms with Crippen LogP contribution in [-0.4, -0.2) is 47.9 Å². The highest BCUT2D eigenvalue weighted by Gasteiger charge is 2.45. The Balaban J connectivity index is 2.48. The second-order valence-corrected chi connectivity index (χ2v) is 7.34. The fourth-order valence-electron chi connectivity index (χ4n) is 3.51. The number of hydrogen-bond acceptors (Lipinski definition) is 7. The van der Waals surface area contributed by atoms with Crippen molar-refractivity contribution in [3.63, 3.8) is 0 Å². The van der Waals surface area contributed by atoms with Gasteiger partial charge in [-0.2, -0.15) is 0 Å². The highest BCUT2D eigenvalue weighted by molar-refractivity contribution is 5.92. The molecule has 0 unspecified atom stereocenters. The van der Waals surface area contributed by atoms with Gasteiger partial charge in [0.15, 0.2) is 0 Å². The van der Waals surface area contributed by atoms with Crippen LogP contribution in [0.3, 0.4) is 0 Å². The van der Waals surface area contributed by atoms with E-state index < -0.39 is 48.7 Å². The zero-order valence-electron chi connectivity index (χ0n) is 17.3. The van der Waals surface area contributed by atoms with E-state index in [0.29, 0.717) is 18.4 Å². The molecule has 1 saturated heterocycles. The largest absolute Gasteiger partial charge is 0.458 e. The predicted octanol–water partition coefficient (Wildman–Crippen LogP) is 2.55. The third kappa shape index (κ3) is 5.44. The number of ether oxygens (including phenoxy) is 3. The summed E-state index contributed by atoms with van der Waals surface area (Å²) in [6.07, 6.45) is 4.08. The van der Waals surface area contributed by atoms with Crippen LogP contribution in [0.15, 0.2) is 47.1 Å². The molecular weight excluding hydrogens is 376 g/mol. The number of carbonyl (C=O) groups is 3. The van der Waals surface area contributed by atoms with E-state index in [4.69, 9.17) is 14.2 Å². The number of aliphatic hydroxyl groups is 1. The van der Waals surface area contributed by atoms with Gasteiger partial charge in [-0.15, -0.1) is 0 Å². The van der Waals surface area contributed by atoms with Crippen molar-refractivity contribution < 1.29 is 33.7 Å². The van der Waals surface area contributed by atoms with Gasteiger partial charge in [-0.05, 0) is 32.4 Å². The van der Waals surface area contributed by atoms with Gasteiger partial charge in [0.05, 0.1) is 18.1 Å². The van der Waals surface area contributed by atoms with E-state index in [1.54, 1.807) is 19.9 Å². The molecule has 1 fully saturated rings.